The molecule has 1 atom stereocenters. The van der Waals surface area contributed by atoms with Gasteiger partial charge in [0.15, 0.2) is 0 Å². The summed E-state index contributed by atoms with van der Waals surface area (Å²) in [6, 6.07) is 6.06. The van der Waals surface area contributed by atoms with Crippen LogP contribution < -0.4 is 10.1 Å². The second-order valence-electron chi connectivity index (χ2n) is 3.48. The number of methoxy groups -OCH3 is 1. The smallest absolute Gasteiger partial charge is 0.142 e. The number of aryl methyl sites for hydroxylation is 1. The zero-order valence-corrected chi connectivity index (χ0v) is 9.50. The second kappa shape index (κ2) is 5.31. The summed E-state index contributed by atoms with van der Waals surface area (Å²) in [5.41, 5.74) is 2.15. The molecule has 80 valence electrons. The highest BCUT2D eigenvalue weighted by Gasteiger charge is 2.06. The lowest BCUT2D eigenvalue weighted by Gasteiger charge is -2.15. The van der Waals surface area contributed by atoms with Crippen LogP contribution in [0.1, 0.15) is 18.9 Å². The molecule has 0 aliphatic rings. The fourth-order valence-corrected chi connectivity index (χ4v) is 1.38. The van der Waals surface area contributed by atoms with Crippen molar-refractivity contribution in [3.05, 3.63) is 23.8 Å². The number of rotatable bonds is 4. The van der Waals surface area contributed by atoms with E-state index in [4.69, 9.17) is 11.2 Å². The van der Waals surface area contributed by atoms with Gasteiger partial charge in [0.2, 0.25) is 0 Å². The average Bonchev–Trinajstić information content (AvgIpc) is 2.26. The molecule has 0 saturated carbocycles. The molecule has 1 aromatic rings. The third-order valence-electron chi connectivity index (χ3n) is 2.29. The molecule has 1 unspecified atom stereocenters. The fourth-order valence-electron chi connectivity index (χ4n) is 1.38. The highest BCUT2D eigenvalue weighted by atomic mass is 16.5. The van der Waals surface area contributed by atoms with Crippen molar-refractivity contribution in [1.82, 2.24) is 0 Å². The summed E-state index contributed by atoms with van der Waals surface area (Å²) in [5.74, 6) is 3.53. The van der Waals surface area contributed by atoms with Gasteiger partial charge >= 0.3 is 0 Å². The number of anilines is 1. The SMILES string of the molecule is C#CC(CC)Nc1cc(C)ccc1OC. The van der Waals surface area contributed by atoms with Crippen molar-refractivity contribution in [2.75, 3.05) is 12.4 Å². The molecule has 1 aromatic carbocycles. The van der Waals surface area contributed by atoms with Crippen LogP contribution in [0.25, 0.3) is 0 Å². The summed E-state index contributed by atoms with van der Waals surface area (Å²) >= 11 is 0. The average molecular weight is 203 g/mol. The first-order chi connectivity index (χ1) is 7.21. The Bertz CT molecular complexity index is 365. The molecule has 0 bridgehead atoms. The first-order valence-corrected chi connectivity index (χ1v) is 5.08. The third kappa shape index (κ3) is 2.92. The Hall–Kier alpha value is -1.62. The molecule has 0 heterocycles. The summed E-state index contributed by atoms with van der Waals surface area (Å²) in [4.78, 5) is 0. The van der Waals surface area contributed by atoms with E-state index in [1.807, 2.05) is 25.1 Å². The van der Waals surface area contributed by atoms with Gasteiger partial charge in [-0.3, -0.25) is 0 Å². The van der Waals surface area contributed by atoms with Crippen molar-refractivity contribution in [2.24, 2.45) is 0 Å². The first-order valence-electron chi connectivity index (χ1n) is 5.08. The normalized spacial score (nSPS) is 11.6. The van der Waals surface area contributed by atoms with E-state index in [0.29, 0.717) is 0 Å². The standard InChI is InChI=1S/C13H17NO/c1-5-11(6-2)14-12-9-10(3)7-8-13(12)15-4/h1,7-9,11,14H,6H2,2-4H3. The Morgan fingerprint density at radius 2 is 2.27 bits per heavy atom. The molecule has 15 heavy (non-hydrogen) atoms. The molecule has 2 heteroatoms. The minimum absolute atomic E-state index is 0.0562. The highest BCUT2D eigenvalue weighted by molar-refractivity contribution is 5.59. The Kier molecular flexibility index (Phi) is 4.05. The van der Waals surface area contributed by atoms with Crippen LogP contribution in [0.5, 0.6) is 5.75 Å². The molecular formula is C13H17NO. The molecule has 1 rings (SSSR count). The van der Waals surface area contributed by atoms with Crippen molar-refractivity contribution in [1.29, 1.82) is 0 Å². The van der Waals surface area contributed by atoms with Crippen LogP contribution in [-0.4, -0.2) is 13.2 Å². The Morgan fingerprint density at radius 3 is 2.80 bits per heavy atom. The molecule has 0 fully saturated rings. The second-order valence-corrected chi connectivity index (χ2v) is 3.48. The van der Waals surface area contributed by atoms with E-state index in [1.54, 1.807) is 7.11 Å². The van der Waals surface area contributed by atoms with E-state index in [-0.39, 0.29) is 6.04 Å². The quantitative estimate of drug-likeness (QED) is 0.760. The Labute approximate surface area is 91.6 Å². The molecule has 1 N–H and O–H groups in total. The monoisotopic (exact) mass is 203 g/mol. The molecule has 0 spiro atoms. The van der Waals surface area contributed by atoms with E-state index >= 15 is 0 Å². The zero-order valence-electron chi connectivity index (χ0n) is 9.50. The maximum absolute atomic E-state index is 5.41. The zero-order chi connectivity index (χ0) is 11.3. The molecule has 0 saturated heterocycles. The van der Waals surface area contributed by atoms with Gasteiger partial charge in [0, 0.05) is 0 Å². The van der Waals surface area contributed by atoms with Gasteiger partial charge in [0.1, 0.15) is 5.75 Å². The predicted molar refractivity (Wildman–Crippen MR) is 64.3 cm³/mol. The van der Waals surface area contributed by atoms with Gasteiger partial charge in [-0.15, -0.1) is 6.42 Å². The number of benzene rings is 1. The van der Waals surface area contributed by atoms with Crippen LogP contribution >= 0.6 is 0 Å². The van der Waals surface area contributed by atoms with Gasteiger partial charge in [-0.25, -0.2) is 0 Å². The van der Waals surface area contributed by atoms with Gasteiger partial charge in [0.05, 0.1) is 18.8 Å². The van der Waals surface area contributed by atoms with Crippen LogP contribution in [0.4, 0.5) is 5.69 Å². The number of hydrogen-bond donors (Lipinski definition) is 1. The van der Waals surface area contributed by atoms with Crippen molar-refractivity contribution in [3.63, 3.8) is 0 Å². The topological polar surface area (TPSA) is 21.3 Å². The number of ether oxygens (including phenoxy) is 1. The summed E-state index contributed by atoms with van der Waals surface area (Å²) in [6.45, 7) is 4.10. The van der Waals surface area contributed by atoms with Crippen molar-refractivity contribution in [3.8, 4) is 18.1 Å². The van der Waals surface area contributed by atoms with Gasteiger partial charge in [0.25, 0.3) is 0 Å². The molecule has 0 aliphatic carbocycles. The Morgan fingerprint density at radius 1 is 1.53 bits per heavy atom. The van der Waals surface area contributed by atoms with Crippen LogP contribution in [0.15, 0.2) is 18.2 Å². The first kappa shape index (κ1) is 11.5. The highest BCUT2D eigenvalue weighted by Crippen LogP contribution is 2.26. The van der Waals surface area contributed by atoms with Crippen molar-refractivity contribution >= 4 is 5.69 Å². The number of terminal acetylenes is 1. The summed E-state index contributed by atoms with van der Waals surface area (Å²) in [5, 5.41) is 3.28. The maximum atomic E-state index is 5.41. The summed E-state index contributed by atoms with van der Waals surface area (Å²) < 4.78 is 5.26. The lowest BCUT2D eigenvalue weighted by Crippen LogP contribution is -2.16. The van der Waals surface area contributed by atoms with Gasteiger partial charge in [-0.1, -0.05) is 18.9 Å². The van der Waals surface area contributed by atoms with Gasteiger partial charge < -0.3 is 10.1 Å². The summed E-state index contributed by atoms with van der Waals surface area (Å²) in [6.07, 6.45) is 6.30. The molecule has 0 radical (unpaired) electrons. The van der Waals surface area contributed by atoms with Crippen LogP contribution in [0.2, 0.25) is 0 Å². The van der Waals surface area contributed by atoms with Crippen molar-refractivity contribution < 1.29 is 4.74 Å². The minimum atomic E-state index is 0.0562. The van der Waals surface area contributed by atoms with Crippen LogP contribution in [0.3, 0.4) is 0 Å². The van der Waals surface area contributed by atoms with Crippen LogP contribution in [0, 0.1) is 19.3 Å². The number of hydrogen-bond acceptors (Lipinski definition) is 2. The van der Waals surface area contributed by atoms with E-state index in [9.17, 15) is 0 Å². The summed E-state index contributed by atoms with van der Waals surface area (Å²) in [7, 11) is 1.66. The van der Waals surface area contributed by atoms with Gasteiger partial charge in [-0.2, -0.15) is 0 Å². The predicted octanol–water partition coefficient (Wildman–Crippen LogP) is 2.83. The Balaban J connectivity index is 2.92. The lowest BCUT2D eigenvalue weighted by molar-refractivity contribution is 0.416. The largest absolute Gasteiger partial charge is 0.495 e. The molecule has 0 amide bonds. The number of nitrogens with one attached hydrogen (secondary N) is 1. The molecule has 0 aromatic heterocycles. The molecule has 0 aliphatic heterocycles. The lowest BCUT2D eigenvalue weighted by atomic mass is 10.1. The molecular weight excluding hydrogens is 186 g/mol. The van der Waals surface area contributed by atoms with E-state index in [2.05, 4.69) is 18.2 Å². The van der Waals surface area contributed by atoms with Crippen LogP contribution in [-0.2, 0) is 0 Å². The molecule has 2 nitrogen and oxygen atoms in total. The van der Waals surface area contributed by atoms with E-state index < -0.39 is 0 Å². The minimum Gasteiger partial charge on any atom is -0.495 e. The maximum Gasteiger partial charge on any atom is 0.142 e. The van der Waals surface area contributed by atoms with E-state index in [1.165, 1.54) is 5.56 Å². The van der Waals surface area contributed by atoms with E-state index in [0.717, 1.165) is 17.9 Å². The van der Waals surface area contributed by atoms with Gasteiger partial charge in [-0.05, 0) is 31.0 Å². The van der Waals surface area contributed by atoms with Crippen molar-refractivity contribution in [2.45, 2.75) is 26.3 Å². The fraction of sp³-hybridized carbons (Fsp3) is 0.385. The third-order valence-corrected chi connectivity index (χ3v) is 2.29.